The number of aryl methyl sites for hydroxylation is 1. The molecule has 0 saturated heterocycles. The summed E-state index contributed by atoms with van der Waals surface area (Å²) in [5.41, 5.74) is 4.69. The maximum absolute atomic E-state index is 12.4. The summed E-state index contributed by atoms with van der Waals surface area (Å²) in [7, 11) is 1.64. The van der Waals surface area contributed by atoms with Crippen molar-refractivity contribution in [2.75, 3.05) is 19.0 Å². The average molecular weight is 376 g/mol. The van der Waals surface area contributed by atoms with E-state index in [1.54, 1.807) is 19.4 Å². The molecule has 144 valence electrons. The Morgan fingerprint density at radius 2 is 1.86 bits per heavy atom. The van der Waals surface area contributed by atoms with E-state index in [0.717, 1.165) is 29.0 Å². The van der Waals surface area contributed by atoms with Gasteiger partial charge in [0.25, 0.3) is 5.91 Å². The molecule has 1 heterocycles. The van der Waals surface area contributed by atoms with E-state index in [1.165, 1.54) is 5.56 Å². The van der Waals surface area contributed by atoms with E-state index >= 15 is 0 Å². The predicted octanol–water partition coefficient (Wildman–Crippen LogP) is 3.82. The second kappa shape index (κ2) is 8.99. The van der Waals surface area contributed by atoms with Crippen molar-refractivity contribution in [1.82, 2.24) is 15.3 Å². The summed E-state index contributed by atoms with van der Waals surface area (Å²) in [5.74, 6) is 0.995. The quantitative estimate of drug-likeness (QED) is 0.656. The van der Waals surface area contributed by atoms with E-state index in [4.69, 9.17) is 4.74 Å². The predicted molar refractivity (Wildman–Crippen MR) is 110 cm³/mol. The van der Waals surface area contributed by atoms with Crippen molar-refractivity contribution < 1.29 is 9.53 Å². The van der Waals surface area contributed by atoms with Crippen molar-refractivity contribution in [2.45, 2.75) is 20.3 Å². The molecule has 0 unspecified atom stereocenters. The van der Waals surface area contributed by atoms with Gasteiger partial charge in [-0.2, -0.15) is 0 Å². The van der Waals surface area contributed by atoms with Crippen molar-refractivity contribution in [3.63, 3.8) is 0 Å². The van der Waals surface area contributed by atoms with Gasteiger partial charge in [0.05, 0.1) is 7.11 Å². The molecule has 6 heteroatoms. The molecule has 2 N–H and O–H groups in total. The van der Waals surface area contributed by atoms with Crippen molar-refractivity contribution in [3.8, 4) is 5.75 Å². The SMILES string of the molecule is COc1ccc(CCNC(=O)c2ccnc(Nc3cccc(C)c3C)n2)cc1. The molecule has 6 nitrogen and oxygen atoms in total. The number of benzene rings is 2. The third kappa shape index (κ3) is 4.85. The molecule has 3 rings (SSSR count). The lowest BCUT2D eigenvalue weighted by atomic mass is 10.1. The zero-order valence-corrected chi connectivity index (χ0v) is 16.3. The van der Waals surface area contributed by atoms with Crippen LogP contribution in [0.5, 0.6) is 5.75 Å². The number of hydrogen-bond acceptors (Lipinski definition) is 5. The first kappa shape index (κ1) is 19.4. The van der Waals surface area contributed by atoms with Crippen LogP contribution < -0.4 is 15.4 Å². The van der Waals surface area contributed by atoms with Gasteiger partial charge >= 0.3 is 0 Å². The van der Waals surface area contributed by atoms with Gasteiger partial charge < -0.3 is 15.4 Å². The van der Waals surface area contributed by atoms with Gasteiger partial charge in [0.1, 0.15) is 11.4 Å². The molecule has 0 aliphatic carbocycles. The zero-order valence-electron chi connectivity index (χ0n) is 16.3. The molecule has 28 heavy (non-hydrogen) atoms. The van der Waals surface area contributed by atoms with Gasteiger partial charge in [-0.3, -0.25) is 4.79 Å². The maximum atomic E-state index is 12.4. The van der Waals surface area contributed by atoms with E-state index in [-0.39, 0.29) is 5.91 Å². The Labute approximate surface area is 165 Å². The first-order valence-corrected chi connectivity index (χ1v) is 9.14. The van der Waals surface area contributed by atoms with E-state index in [2.05, 4.69) is 20.6 Å². The van der Waals surface area contributed by atoms with Gasteiger partial charge in [-0.25, -0.2) is 9.97 Å². The van der Waals surface area contributed by atoms with Crippen LogP contribution in [0.2, 0.25) is 0 Å². The van der Waals surface area contributed by atoms with Crippen LogP contribution in [0.15, 0.2) is 54.7 Å². The monoisotopic (exact) mass is 376 g/mol. The van der Waals surface area contributed by atoms with Gasteiger partial charge in [0, 0.05) is 18.4 Å². The number of methoxy groups -OCH3 is 1. The number of anilines is 2. The summed E-state index contributed by atoms with van der Waals surface area (Å²) in [4.78, 5) is 21.0. The molecule has 0 aliphatic rings. The van der Waals surface area contributed by atoms with Crippen LogP contribution in [-0.4, -0.2) is 29.5 Å². The Balaban J connectivity index is 1.59. The second-order valence-corrected chi connectivity index (χ2v) is 6.49. The fourth-order valence-corrected chi connectivity index (χ4v) is 2.76. The minimum absolute atomic E-state index is 0.222. The summed E-state index contributed by atoms with van der Waals surface area (Å²) in [6.07, 6.45) is 2.31. The lowest BCUT2D eigenvalue weighted by molar-refractivity contribution is 0.0949. The van der Waals surface area contributed by atoms with Crippen molar-refractivity contribution in [3.05, 3.63) is 77.1 Å². The first-order chi connectivity index (χ1) is 13.6. The third-order valence-electron chi connectivity index (χ3n) is 4.60. The van der Waals surface area contributed by atoms with Gasteiger partial charge in [-0.1, -0.05) is 24.3 Å². The number of nitrogens with zero attached hydrogens (tertiary/aromatic N) is 2. The molecule has 0 radical (unpaired) electrons. The molecule has 0 aliphatic heterocycles. The van der Waals surface area contributed by atoms with E-state index < -0.39 is 0 Å². The van der Waals surface area contributed by atoms with Crippen molar-refractivity contribution in [1.29, 1.82) is 0 Å². The molecular formula is C22H24N4O2. The topological polar surface area (TPSA) is 76.1 Å². The summed E-state index contributed by atoms with van der Waals surface area (Å²) in [6.45, 7) is 4.61. The molecular weight excluding hydrogens is 352 g/mol. The molecule has 0 fully saturated rings. The number of hydrogen-bond donors (Lipinski definition) is 2. The Kier molecular flexibility index (Phi) is 6.22. The number of aromatic nitrogens is 2. The van der Waals surface area contributed by atoms with Gasteiger partial charge in [0.2, 0.25) is 5.95 Å². The molecule has 3 aromatic rings. The molecule has 1 amide bonds. The van der Waals surface area contributed by atoms with Gasteiger partial charge in [-0.05, 0) is 61.2 Å². The normalized spacial score (nSPS) is 10.4. The lowest BCUT2D eigenvalue weighted by Crippen LogP contribution is -2.26. The third-order valence-corrected chi connectivity index (χ3v) is 4.60. The highest BCUT2D eigenvalue weighted by Crippen LogP contribution is 2.20. The molecule has 0 saturated carbocycles. The maximum Gasteiger partial charge on any atom is 0.270 e. The number of amides is 1. The van der Waals surface area contributed by atoms with E-state index in [1.807, 2.05) is 56.3 Å². The molecule has 2 aromatic carbocycles. The first-order valence-electron chi connectivity index (χ1n) is 9.14. The van der Waals surface area contributed by atoms with Crippen LogP contribution in [0.4, 0.5) is 11.6 Å². The van der Waals surface area contributed by atoms with Crippen LogP contribution in [-0.2, 0) is 6.42 Å². The summed E-state index contributed by atoms with van der Waals surface area (Å²) < 4.78 is 5.15. The Bertz CT molecular complexity index is 955. The summed E-state index contributed by atoms with van der Waals surface area (Å²) in [5, 5.41) is 6.09. The van der Waals surface area contributed by atoms with E-state index in [0.29, 0.717) is 18.2 Å². The highest BCUT2D eigenvalue weighted by Gasteiger charge is 2.09. The highest BCUT2D eigenvalue weighted by atomic mass is 16.5. The van der Waals surface area contributed by atoms with Crippen LogP contribution in [0.25, 0.3) is 0 Å². The number of carbonyl (C=O) groups is 1. The fraction of sp³-hybridized carbons (Fsp3) is 0.227. The zero-order chi connectivity index (χ0) is 19.9. The Morgan fingerprint density at radius 3 is 2.61 bits per heavy atom. The van der Waals surface area contributed by atoms with E-state index in [9.17, 15) is 4.79 Å². The fourth-order valence-electron chi connectivity index (χ4n) is 2.76. The average Bonchev–Trinajstić information content (AvgIpc) is 2.72. The smallest absolute Gasteiger partial charge is 0.270 e. The number of nitrogens with one attached hydrogen (secondary N) is 2. The van der Waals surface area contributed by atoms with Crippen molar-refractivity contribution >= 4 is 17.5 Å². The molecule has 1 aromatic heterocycles. The van der Waals surface area contributed by atoms with Crippen LogP contribution >= 0.6 is 0 Å². The Morgan fingerprint density at radius 1 is 1.07 bits per heavy atom. The minimum atomic E-state index is -0.222. The number of carbonyl (C=O) groups excluding carboxylic acids is 1. The van der Waals surface area contributed by atoms with Crippen LogP contribution in [0.3, 0.4) is 0 Å². The van der Waals surface area contributed by atoms with Crippen LogP contribution in [0.1, 0.15) is 27.2 Å². The largest absolute Gasteiger partial charge is 0.497 e. The Hall–Kier alpha value is -3.41. The lowest BCUT2D eigenvalue weighted by Gasteiger charge is -2.11. The summed E-state index contributed by atoms with van der Waals surface area (Å²) in [6, 6.07) is 15.4. The minimum Gasteiger partial charge on any atom is -0.497 e. The van der Waals surface area contributed by atoms with Gasteiger partial charge in [0.15, 0.2) is 0 Å². The second-order valence-electron chi connectivity index (χ2n) is 6.49. The number of rotatable bonds is 7. The van der Waals surface area contributed by atoms with Gasteiger partial charge in [-0.15, -0.1) is 0 Å². The van der Waals surface area contributed by atoms with Crippen LogP contribution in [0, 0.1) is 13.8 Å². The molecule has 0 spiro atoms. The summed E-state index contributed by atoms with van der Waals surface area (Å²) >= 11 is 0. The van der Waals surface area contributed by atoms with Crippen molar-refractivity contribution in [2.24, 2.45) is 0 Å². The number of ether oxygens (including phenoxy) is 1. The standard InChI is InChI=1S/C22H24N4O2/c1-15-5-4-6-19(16(15)2)25-22-24-14-12-20(26-22)21(27)23-13-11-17-7-9-18(28-3)10-8-17/h4-10,12,14H,11,13H2,1-3H3,(H,23,27)(H,24,25,26). The molecule has 0 bridgehead atoms. The highest BCUT2D eigenvalue weighted by molar-refractivity contribution is 5.92. The molecule has 0 atom stereocenters.